The molecule has 150 valence electrons. The van der Waals surface area contributed by atoms with Gasteiger partial charge in [-0.1, -0.05) is 0 Å². The first-order valence-electron chi connectivity index (χ1n) is 8.50. The lowest BCUT2D eigenvalue weighted by atomic mass is 10.3. The van der Waals surface area contributed by atoms with Crippen LogP contribution in [0.5, 0.6) is 11.5 Å². The topological polar surface area (TPSA) is 111 Å². The van der Waals surface area contributed by atoms with Crippen LogP contribution in [0.4, 0.5) is 0 Å². The van der Waals surface area contributed by atoms with Crippen molar-refractivity contribution < 1.29 is 32.2 Å². The van der Waals surface area contributed by atoms with Gasteiger partial charge in [0.2, 0.25) is 10.0 Å². The van der Waals surface area contributed by atoms with Crippen molar-refractivity contribution in [3.8, 4) is 11.5 Å². The molecule has 1 aromatic rings. The predicted molar refractivity (Wildman–Crippen MR) is 96.1 cm³/mol. The largest absolute Gasteiger partial charge is 0.486 e. The molecule has 1 amide bonds. The monoisotopic (exact) mass is 400 g/mol. The van der Waals surface area contributed by atoms with Gasteiger partial charge in [-0.2, -0.15) is 0 Å². The molecule has 0 saturated carbocycles. The van der Waals surface area contributed by atoms with E-state index in [0.717, 1.165) is 0 Å². The molecule has 1 atom stereocenters. The number of amides is 1. The highest BCUT2D eigenvalue weighted by molar-refractivity contribution is 7.89. The third-order valence-corrected chi connectivity index (χ3v) is 5.23. The number of nitrogens with zero attached hydrogens (tertiary/aromatic N) is 1. The summed E-state index contributed by atoms with van der Waals surface area (Å²) in [7, 11) is -0.600. The average molecular weight is 400 g/mol. The molecule has 1 aliphatic heterocycles. The van der Waals surface area contributed by atoms with E-state index < -0.39 is 22.1 Å². The standard InChI is InChI=1S/C17H24N2O7S/c1-12(17(21)19(2)3)26-16(20)5-4-8-18-27(22,23)13-6-7-14-15(11-13)25-10-9-24-14/h6-7,11-12,18H,4-5,8-10H2,1-3H3. The number of rotatable bonds is 8. The summed E-state index contributed by atoms with van der Waals surface area (Å²) in [5.74, 6) is 0.00970. The molecule has 1 unspecified atom stereocenters. The third kappa shape index (κ3) is 5.83. The Bertz CT molecular complexity index is 792. The molecular weight excluding hydrogens is 376 g/mol. The van der Waals surface area contributed by atoms with Crippen molar-refractivity contribution in [2.75, 3.05) is 33.9 Å². The smallest absolute Gasteiger partial charge is 0.306 e. The average Bonchev–Trinajstić information content (AvgIpc) is 2.64. The van der Waals surface area contributed by atoms with Gasteiger partial charge < -0.3 is 19.1 Å². The second-order valence-electron chi connectivity index (χ2n) is 6.17. The fourth-order valence-electron chi connectivity index (χ4n) is 2.38. The van der Waals surface area contributed by atoms with Crippen LogP contribution in [0.1, 0.15) is 19.8 Å². The van der Waals surface area contributed by atoms with Crippen LogP contribution < -0.4 is 14.2 Å². The maximum absolute atomic E-state index is 12.3. The Balaban J connectivity index is 1.80. The van der Waals surface area contributed by atoms with E-state index in [9.17, 15) is 18.0 Å². The van der Waals surface area contributed by atoms with Crippen molar-refractivity contribution >= 4 is 21.9 Å². The van der Waals surface area contributed by atoms with Crippen LogP contribution in [0.25, 0.3) is 0 Å². The lowest BCUT2D eigenvalue weighted by Gasteiger charge is -2.19. The summed E-state index contributed by atoms with van der Waals surface area (Å²) in [4.78, 5) is 24.8. The van der Waals surface area contributed by atoms with Crippen molar-refractivity contribution in [3.05, 3.63) is 18.2 Å². The quantitative estimate of drug-likeness (QED) is 0.501. The highest BCUT2D eigenvalue weighted by Gasteiger charge is 2.21. The van der Waals surface area contributed by atoms with Crippen LogP contribution >= 0.6 is 0 Å². The summed E-state index contributed by atoms with van der Waals surface area (Å²) < 4.78 is 42.8. The van der Waals surface area contributed by atoms with Crippen LogP contribution in [-0.2, 0) is 24.3 Å². The zero-order valence-corrected chi connectivity index (χ0v) is 16.4. The number of fused-ring (bicyclic) bond motifs is 1. The summed E-state index contributed by atoms with van der Waals surface area (Å²) in [5, 5.41) is 0. The van der Waals surface area contributed by atoms with Crippen molar-refractivity contribution in [1.29, 1.82) is 0 Å². The lowest BCUT2D eigenvalue weighted by Crippen LogP contribution is -2.35. The van der Waals surface area contributed by atoms with E-state index >= 15 is 0 Å². The Hall–Kier alpha value is -2.33. The highest BCUT2D eigenvalue weighted by Crippen LogP contribution is 2.32. The Morgan fingerprint density at radius 1 is 1.22 bits per heavy atom. The number of carbonyl (C=O) groups is 2. The number of hydrogen-bond donors (Lipinski definition) is 1. The molecular formula is C17H24N2O7S. The van der Waals surface area contributed by atoms with E-state index in [1.165, 1.54) is 24.0 Å². The summed E-state index contributed by atoms with van der Waals surface area (Å²) in [6, 6.07) is 4.38. The van der Waals surface area contributed by atoms with Crippen LogP contribution in [0, 0.1) is 0 Å². The first-order valence-corrected chi connectivity index (χ1v) is 9.99. The zero-order valence-electron chi connectivity index (χ0n) is 15.6. The van der Waals surface area contributed by atoms with Gasteiger partial charge in [-0.05, 0) is 25.5 Å². The van der Waals surface area contributed by atoms with Gasteiger partial charge in [-0.3, -0.25) is 9.59 Å². The van der Waals surface area contributed by atoms with Gasteiger partial charge >= 0.3 is 5.97 Å². The normalized spacial score (nSPS) is 14.3. The molecule has 0 radical (unpaired) electrons. The molecule has 1 N–H and O–H groups in total. The van der Waals surface area contributed by atoms with E-state index in [1.807, 2.05) is 0 Å². The summed E-state index contributed by atoms with van der Waals surface area (Å²) >= 11 is 0. The Morgan fingerprint density at radius 3 is 2.56 bits per heavy atom. The molecule has 0 aromatic heterocycles. The molecule has 2 rings (SSSR count). The van der Waals surface area contributed by atoms with E-state index in [0.29, 0.717) is 24.7 Å². The van der Waals surface area contributed by atoms with Gasteiger partial charge in [0.05, 0.1) is 4.90 Å². The molecule has 0 saturated heterocycles. The second kappa shape index (κ2) is 9.05. The third-order valence-electron chi connectivity index (χ3n) is 3.77. The van der Waals surface area contributed by atoms with Crippen LogP contribution in [0.15, 0.2) is 23.1 Å². The van der Waals surface area contributed by atoms with E-state index in [1.54, 1.807) is 20.2 Å². The molecule has 1 aromatic carbocycles. The van der Waals surface area contributed by atoms with Gasteiger partial charge in [0.1, 0.15) is 13.2 Å². The minimum Gasteiger partial charge on any atom is -0.486 e. The van der Waals surface area contributed by atoms with Gasteiger partial charge in [-0.15, -0.1) is 0 Å². The van der Waals surface area contributed by atoms with Crippen molar-refractivity contribution in [2.24, 2.45) is 0 Å². The van der Waals surface area contributed by atoms with Gasteiger partial charge in [-0.25, -0.2) is 13.1 Å². The molecule has 1 heterocycles. The summed E-state index contributed by atoms with van der Waals surface area (Å²) in [6.45, 7) is 2.33. The number of likely N-dealkylation sites (N-methyl/N-ethyl adjacent to an activating group) is 1. The van der Waals surface area contributed by atoms with E-state index in [-0.39, 0.29) is 30.2 Å². The summed E-state index contributed by atoms with van der Waals surface area (Å²) in [6.07, 6.45) is -0.637. The fraction of sp³-hybridized carbons (Fsp3) is 0.529. The van der Waals surface area contributed by atoms with Crippen LogP contribution in [-0.4, -0.2) is 65.2 Å². The van der Waals surface area contributed by atoms with Gasteiger partial charge in [0, 0.05) is 33.1 Å². The molecule has 10 heteroatoms. The Labute approximate surface area is 158 Å². The van der Waals surface area contributed by atoms with Crippen LogP contribution in [0.2, 0.25) is 0 Å². The minimum absolute atomic E-state index is 0.00525. The number of esters is 1. The minimum atomic E-state index is -3.74. The zero-order chi connectivity index (χ0) is 20.0. The summed E-state index contributed by atoms with van der Waals surface area (Å²) in [5.41, 5.74) is 0. The van der Waals surface area contributed by atoms with Crippen molar-refractivity contribution in [2.45, 2.75) is 30.8 Å². The molecule has 0 spiro atoms. The van der Waals surface area contributed by atoms with Crippen LogP contribution in [0.3, 0.4) is 0 Å². The molecule has 27 heavy (non-hydrogen) atoms. The number of hydrogen-bond acceptors (Lipinski definition) is 7. The van der Waals surface area contributed by atoms with E-state index in [4.69, 9.17) is 14.2 Å². The Morgan fingerprint density at radius 2 is 1.89 bits per heavy atom. The van der Waals surface area contributed by atoms with Crippen molar-refractivity contribution in [1.82, 2.24) is 9.62 Å². The fourth-order valence-corrected chi connectivity index (χ4v) is 3.47. The number of ether oxygens (including phenoxy) is 3. The maximum atomic E-state index is 12.3. The maximum Gasteiger partial charge on any atom is 0.306 e. The molecule has 9 nitrogen and oxygen atoms in total. The second-order valence-corrected chi connectivity index (χ2v) is 7.94. The van der Waals surface area contributed by atoms with Crippen molar-refractivity contribution in [3.63, 3.8) is 0 Å². The first kappa shape index (κ1) is 21.0. The number of sulfonamides is 1. The van der Waals surface area contributed by atoms with Gasteiger partial charge in [0.25, 0.3) is 5.91 Å². The lowest BCUT2D eigenvalue weighted by molar-refractivity contribution is -0.158. The number of carbonyl (C=O) groups excluding carboxylic acids is 2. The first-order chi connectivity index (χ1) is 12.7. The molecule has 0 fully saturated rings. The highest BCUT2D eigenvalue weighted by atomic mass is 32.2. The molecule has 0 bridgehead atoms. The SMILES string of the molecule is CC(OC(=O)CCCNS(=O)(=O)c1ccc2c(c1)OCCO2)C(=O)N(C)C. The predicted octanol–water partition coefficient (Wildman–Crippen LogP) is 0.536. The Kier molecular flexibility index (Phi) is 7.03. The number of nitrogens with one attached hydrogen (secondary N) is 1. The molecule has 0 aliphatic carbocycles. The van der Waals surface area contributed by atoms with E-state index in [2.05, 4.69) is 4.72 Å². The number of benzene rings is 1. The van der Waals surface area contributed by atoms with Gasteiger partial charge in [0.15, 0.2) is 17.6 Å². The molecule has 1 aliphatic rings.